The number of benzene rings is 3. The number of H-pyrrole nitrogens is 1. The van der Waals surface area contributed by atoms with E-state index in [2.05, 4.69) is 45.1 Å². The van der Waals surface area contributed by atoms with Crippen molar-refractivity contribution in [2.45, 2.75) is 25.0 Å². The maximum absolute atomic E-state index is 12.5. The van der Waals surface area contributed by atoms with E-state index in [1.807, 2.05) is 36.4 Å². The largest absolute Gasteiger partial charge is 0.465 e. The number of fused-ring (bicyclic) bond motifs is 1. The molecule has 5 aromatic rings. The number of rotatable bonds is 8. The van der Waals surface area contributed by atoms with Gasteiger partial charge in [0.25, 0.3) is 0 Å². The van der Waals surface area contributed by atoms with Crippen molar-refractivity contribution < 1.29 is 9.53 Å². The third kappa shape index (κ3) is 4.72. The molecule has 0 atom stereocenters. The zero-order valence-electron chi connectivity index (χ0n) is 19.9. The maximum atomic E-state index is 12.5. The van der Waals surface area contributed by atoms with E-state index in [-0.39, 0.29) is 10.8 Å². The molecule has 0 saturated carbocycles. The molecule has 182 valence electrons. The summed E-state index contributed by atoms with van der Waals surface area (Å²) in [5.41, 5.74) is 6.04. The number of thioether (sulfide) groups is 1. The number of para-hydroxylation sites is 1. The van der Waals surface area contributed by atoms with Gasteiger partial charge < -0.3 is 9.30 Å². The van der Waals surface area contributed by atoms with E-state index in [0.29, 0.717) is 17.9 Å². The second-order valence-electron chi connectivity index (χ2n) is 8.18. The Kier molecular flexibility index (Phi) is 7.02. The SMILES string of the molecule is CCCSc1nc2cccc(C(=O)OC)c2n1Cc1ccc(-c2ccccc2-c2nsc(=O)[nH]2)cc1. The van der Waals surface area contributed by atoms with E-state index in [1.165, 1.54) is 7.11 Å². The number of nitrogens with zero attached hydrogens (tertiary/aromatic N) is 3. The van der Waals surface area contributed by atoms with Crippen LogP contribution in [0.25, 0.3) is 33.5 Å². The van der Waals surface area contributed by atoms with Crippen LogP contribution in [0.4, 0.5) is 0 Å². The minimum atomic E-state index is -0.374. The van der Waals surface area contributed by atoms with Crippen LogP contribution in [0.5, 0.6) is 0 Å². The maximum Gasteiger partial charge on any atom is 0.340 e. The third-order valence-electron chi connectivity index (χ3n) is 5.80. The van der Waals surface area contributed by atoms with Crippen LogP contribution in [-0.2, 0) is 11.3 Å². The van der Waals surface area contributed by atoms with Crippen LogP contribution in [0.1, 0.15) is 29.3 Å². The van der Waals surface area contributed by atoms with E-state index >= 15 is 0 Å². The molecule has 0 spiro atoms. The minimum Gasteiger partial charge on any atom is -0.465 e. The Morgan fingerprint density at radius 1 is 1.06 bits per heavy atom. The summed E-state index contributed by atoms with van der Waals surface area (Å²) in [6.45, 7) is 2.70. The fourth-order valence-electron chi connectivity index (χ4n) is 4.15. The first-order valence-electron chi connectivity index (χ1n) is 11.5. The molecule has 0 aliphatic heterocycles. The van der Waals surface area contributed by atoms with Gasteiger partial charge in [0, 0.05) is 22.8 Å². The van der Waals surface area contributed by atoms with Crippen LogP contribution >= 0.6 is 23.3 Å². The van der Waals surface area contributed by atoms with Gasteiger partial charge in [-0.2, -0.15) is 4.37 Å². The Labute approximate surface area is 216 Å². The van der Waals surface area contributed by atoms with Gasteiger partial charge in [-0.1, -0.05) is 73.3 Å². The number of methoxy groups -OCH3 is 1. The van der Waals surface area contributed by atoms with Crippen LogP contribution in [0.3, 0.4) is 0 Å². The molecule has 0 unspecified atom stereocenters. The average molecular weight is 517 g/mol. The Morgan fingerprint density at radius 3 is 2.53 bits per heavy atom. The quantitative estimate of drug-likeness (QED) is 0.205. The molecule has 0 fully saturated rings. The first-order valence-corrected chi connectivity index (χ1v) is 13.3. The first-order chi connectivity index (χ1) is 17.6. The summed E-state index contributed by atoms with van der Waals surface area (Å²) in [5, 5.41) is 0.880. The molecule has 7 nitrogen and oxygen atoms in total. The molecule has 0 aliphatic rings. The van der Waals surface area contributed by atoms with Crippen LogP contribution in [-0.4, -0.2) is 37.7 Å². The number of esters is 1. The number of hydrogen-bond donors (Lipinski definition) is 1. The van der Waals surface area contributed by atoms with Gasteiger partial charge in [-0.3, -0.25) is 9.78 Å². The van der Waals surface area contributed by atoms with Crippen LogP contribution in [0.15, 0.2) is 76.7 Å². The molecule has 0 aliphatic carbocycles. The highest BCUT2D eigenvalue weighted by atomic mass is 32.2. The van der Waals surface area contributed by atoms with E-state index in [9.17, 15) is 9.59 Å². The number of hydrogen-bond acceptors (Lipinski definition) is 7. The van der Waals surface area contributed by atoms with Gasteiger partial charge >= 0.3 is 10.8 Å². The number of aromatic amines is 1. The van der Waals surface area contributed by atoms with Crippen molar-refractivity contribution in [3.8, 4) is 22.5 Å². The third-order valence-corrected chi connectivity index (χ3v) is 7.52. The van der Waals surface area contributed by atoms with Crippen LogP contribution < -0.4 is 4.87 Å². The normalized spacial score (nSPS) is 11.2. The standard InChI is InChI=1S/C27H24N4O3S2/c1-3-15-35-26-28-22-10-6-9-21(25(32)34-2)23(22)31(26)16-17-11-13-18(14-12-17)19-7-4-5-8-20(19)24-29-27(33)36-30-24/h4-14H,3,15-16H2,1-2H3,(H,29,30,33). The summed E-state index contributed by atoms with van der Waals surface area (Å²) < 4.78 is 11.4. The summed E-state index contributed by atoms with van der Waals surface area (Å²) in [6.07, 6.45) is 1.02. The van der Waals surface area contributed by atoms with E-state index in [1.54, 1.807) is 17.8 Å². The Bertz CT molecular complexity index is 1580. The van der Waals surface area contributed by atoms with Gasteiger partial charge in [0.15, 0.2) is 11.0 Å². The second kappa shape index (κ2) is 10.5. The van der Waals surface area contributed by atoms with E-state index < -0.39 is 0 Å². The van der Waals surface area contributed by atoms with Crippen molar-refractivity contribution in [3.63, 3.8) is 0 Å². The Hall–Kier alpha value is -3.69. The lowest BCUT2D eigenvalue weighted by molar-refractivity contribution is 0.0602. The van der Waals surface area contributed by atoms with Crippen molar-refractivity contribution in [1.82, 2.24) is 18.9 Å². The molecular weight excluding hydrogens is 492 g/mol. The van der Waals surface area contributed by atoms with E-state index in [4.69, 9.17) is 9.72 Å². The van der Waals surface area contributed by atoms with Gasteiger partial charge in [0.05, 0.1) is 30.3 Å². The van der Waals surface area contributed by atoms with Crippen LogP contribution in [0, 0.1) is 0 Å². The minimum absolute atomic E-state index is 0.175. The molecule has 0 saturated heterocycles. The summed E-state index contributed by atoms with van der Waals surface area (Å²) in [6, 6.07) is 21.7. The number of nitrogens with one attached hydrogen (secondary N) is 1. The highest BCUT2D eigenvalue weighted by molar-refractivity contribution is 7.99. The second-order valence-corrected chi connectivity index (χ2v) is 9.98. The first kappa shape index (κ1) is 24.0. The predicted molar refractivity (Wildman–Crippen MR) is 145 cm³/mol. The Morgan fingerprint density at radius 2 is 1.83 bits per heavy atom. The molecule has 0 amide bonds. The van der Waals surface area contributed by atoms with Gasteiger partial charge in [-0.05, 0) is 35.2 Å². The van der Waals surface area contributed by atoms with Gasteiger partial charge in [0.1, 0.15) is 0 Å². The van der Waals surface area contributed by atoms with Crippen molar-refractivity contribution in [1.29, 1.82) is 0 Å². The highest BCUT2D eigenvalue weighted by Gasteiger charge is 2.19. The molecule has 2 heterocycles. The molecule has 36 heavy (non-hydrogen) atoms. The molecule has 5 rings (SSSR count). The summed E-state index contributed by atoms with van der Waals surface area (Å²) in [7, 11) is 1.40. The number of carbonyl (C=O) groups is 1. The lowest BCUT2D eigenvalue weighted by atomic mass is 9.98. The predicted octanol–water partition coefficient (Wildman–Crippen LogP) is 5.85. The Balaban J connectivity index is 1.52. The molecule has 0 radical (unpaired) electrons. The number of carbonyl (C=O) groups excluding carboxylic acids is 1. The van der Waals surface area contributed by atoms with Crippen LogP contribution in [0.2, 0.25) is 0 Å². The number of ether oxygens (including phenoxy) is 1. The molecule has 3 aromatic carbocycles. The van der Waals surface area contributed by atoms with Crippen molar-refractivity contribution in [2.75, 3.05) is 12.9 Å². The van der Waals surface area contributed by atoms with Crippen molar-refractivity contribution in [3.05, 3.63) is 87.5 Å². The zero-order chi connectivity index (χ0) is 25.1. The van der Waals surface area contributed by atoms with Crippen molar-refractivity contribution in [2.24, 2.45) is 0 Å². The average Bonchev–Trinajstić information content (AvgIpc) is 3.50. The topological polar surface area (TPSA) is 89.9 Å². The summed E-state index contributed by atoms with van der Waals surface area (Å²) in [4.78, 5) is 31.6. The fraction of sp³-hybridized carbons (Fsp3) is 0.185. The number of imidazole rings is 1. The fourth-order valence-corrected chi connectivity index (χ4v) is 5.47. The van der Waals surface area contributed by atoms with Crippen molar-refractivity contribution >= 4 is 40.3 Å². The molecule has 0 bridgehead atoms. The summed E-state index contributed by atoms with van der Waals surface area (Å²) in [5.74, 6) is 1.13. The lowest BCUT2D eigenvalue weighted by Gasteiger charge is -2.12. The number of aromatic nitrogens is 4. The molecule has 2 aromatic heterocycles. The van der Waals surface area contributed by atoms with Gasteiger partial charge in [0.2, 0.25) is 0 Å². The van der Waals surface area contributed by atoms with E-state index in [0.717, 1.165) is 62.1 Å². The summed E-state index contributed by atoms with van der Waals surface area (Å²) >= 11 is 2.60. The molecule has 1 N–H and O–H groups in total. The highest BCUT2D eigenvalue weighted by Crippen LogP contribution is 2.32. The molecular formula is C27H24N4O3S2. The monoisotopic (exact) mass is 516 g/mol. The smallest absolute Gasteiger partial charge is 0.340 e. The zero-order valence-corrected chi connectivity index (χ0v) is 21.5. The van der Waals surface area contributed by atoms with Gasteiger partial charge in [-0.25, -0.2) is 9.78 Å². The molecule has 9 heteroatoms. The van der Waals surface area contributed by atoms with Gasteiger partial charge in [-0.15, -0.1) is 0 Å². The lowest BCUT2D eigenvalue weighted by Crippen LogP contribution is -2.08.